The van der Waals surface area contributed by atoms with E-state index in [1.807, 2.05) is 31.1 Å². The first-order valence-corrected chi connectivity index (χ1v) is 11.5. The molecule has 8 nitrogen and oxygen atoms in total. The highest BCUT2D eigenvalue weighted by Gasteiger charge is 2.34. The van der Waals surface area contributed by atoms with Crippen molar-refractivity contribution < 1.29 is 19.2 Å². The highest BCUT2D eigenvalue weighted by atomic mass is 16.2. The normalized spacial score (nSPS) is 12.9. The second-order valence-electron chi connectivity index (χ2n) is 8.90. The number of anilines is 1. The minimum Gasteiger partial charge on any atom is -0.308 e. The largest absolute Gasteiger partial charge is 0.326 e. The second-order valence-corrected chi connectivity index (χ2v) is 8.90. The van der Waals surface area contributed by atoms with E-state index in [4.69, 9.17) is 0 Å². The Morgan fingerprint density at radius 2 is 1.61 bits per heavy atom. The zero-order valence-corrected chi connectivity index (χ0v) is 19.9. The summed E-state index contributed by atoms with van der Waals surface area (Å²) >= 11 is 0. The van der Waals surface area contributed by atoms with E-state index in [1.54, 1.807) is 60.7 Å². The molecule has 4 aromatic carbocycles. The Morgan fingerprint density at radius 1 is 0.861 bits per heavy atom. The molecule has 5 amide bonds. The number of rotatable bonds is 5. The number of benzene rings is 4. The Morgan fingerprint density at radius 3 is 2.36 bits per heavy atom. The summed E-state index contributed by atoms with van der Waals surface area (Å²) in [5.74, 6) is -1.20. The predicted molar refractivity (Wildman–Crippen MR) is 138 cm³/mol. The van der Waals surface area contributed by atoms with Crippen molar-refractivity contribution in [3.63, 3.8) is 0 Å². The molecule has 4 aromatic rings. The minimum atomic E-state index is -0.687. The molecule has 8 heteroatoms. The standard InChI is InChI=1S/C28H24N4O4/c1-31(2)14-15-32-26(34)20-12-6-10-18-16-21-19(24(23(18)20)27(32)35)11-7-13-22(21)29-28(36)30-25(33)17-8-4-3-5-9-17/h3-13,16H,14-15H2,1-2H3,(H2,29,30,33,36). The van der Waals surface area contributed by atoms with E-state index >= 15 is 0 Å². The van der Waals surface area contributed by atoms with Crippen molar-refractivity contribution in [3.8, 4) is 0 Å². The average Bonchev–Trinajstić information content (AvgIpc) is 2.86. The third-order valence-corrected chi connectivity index (χ3v) is 6.24. The molecule has 0 bridgehead atoms. The van der Waals surface area contributed by atoms with Crippen molar-refractivity contribution in [1.82, 2.24) is 15.1 Å². The van der Waals surface area contributed by atoms with Gasteiger partial charge in [-0.05, 0) is 55.2 Å². The van der Waals surface area contributed by atoms with Crippen LogP contribution >= 0.6 is 0 Å². The molecule has 0 spiro atoms. The summed E-state index contributed by atoms with van der Waals surface area (Å²) in [6.45, 7) is 0.800. The van der Waals surface area contributed by atoms with Gasteiger partial charge < -0.3 is 10.2 Å². The fourth-order valence-electron chi connectivity index (χ4n) is 4.50. The average molecular weight is 481 g/mol. The van der Waals surface area contributed by atoms with Crippen LogP contribution in [0.3, 0.4) is 0 Å². The van der Waals surface area contributed by atoms with Gasteiger partial charge in [-0.2, -0.15) is 0 Å². The zero-order valence-electron chi connectivity index (χ0n) is 19.9. The van der Waals surface area contributed by atoms with Crippen LogP contribution in [0, 0.1) is 0 Å². The minimum absolute atomic E-state index is 0.263. The lowest BCUT2D eigenvalue weighted by atomic mass is 9.89. The van der Waals surface area contributed by atoms with E-state index in [0.717, 1.165) is 5.39 Å². The van der Waals surface area contributed by atoms with Gasteiger partial charge in [-0.15, -0.1) is 0 Å². The van der Waals surface area contributed by atoms with Gasteiger partial charge in [0.15, 0.2) is 0 Å². The molecule has 1 aliphatic rings. The number of nitrogens with zero attached hydrogens (tertiary/aromatic N) is 2. The Kier molecular flexibility index (Phi) is 5.95. The molecule has 1 heterocycles. The molecule has 0 saturated carbocycles. The SMILES string of the molecule is CN(C)CCN1C(=O)c2cccc3cc4c(NC(=O)NC(=O)c5ccccc5)cccc4c(c23)C1=O. The molecule has 5 rings (SSSR count). The van der Waals surface area contributed by atoms with Gasteiger partial charge in [-0.1, -0.05) is 42.5 Å². The summed E-state index contributed by atoms with van der Waals surface area (Å²) in [6, 6.07) is 20.2. The molecule has 2 N–H and O–H groups in total. The summed E-state index contributed by atoms with van der Waals surface area (Å²) in [5, 5.41) is 7.66. The smallest absolute Gasteiger partial charge is 0.308 e. The van der Waals surface area contributed by atoms with Crippen molar-refractivity contribution >= 4 is 51.0 Å². The van der Waals surface area contributed by atoms with Gasteiger partial charge >= 0.3 is 6.03 Å². The van der Waals surface area contributed by atoms with E-state index in [9.17, 15) is 19.2 Å². The Bertz CT molecular complexity index is 1550. The number of imide groups is 2. The predicted octanol–water partition coefficient (Wildman–Crippen LogP) is 4.11. The first-order valence-electron chi connectivity index (χ1n) is 11.5. The fraction of sp³-hybridized carbons (Fsp3) is 0.143. The van der Waals surface area contributed by atoms with Gasteiger partial charge in [0.2, 0.25) is 0 Å². The van der Waals surface area contributed by atoms with Gasteiger partial charge in [-0.25, -0.2) is 4.79 Å². The van der Waals surface area contributed by atoms with Crippen LogP contribution in [0.2, 0.25) is 0 Å². The number of hydrogen-bond donors (Lipinski definition) is 2. The number of carbonyl (C=O) groups excluding carboxylic acids is 4. The number of amides is 5. The lowest BCUT2D eigenvalue weighted by molar-refractivity contribution is 0.0602. The third kappa shape index (κ3) is 4.08. The third-order valence-electron chi connectivity index (χ3n) is 6.24. The summed E-state index contributed by atoms with van der Waals surface area (Å²) in [4.78, 5) is 55.1. The van der Waals surface area contributed by atoms with E-state index in [0.29, 0.717) is 45.1 Å². The van der Waals surface area contributed by atoms with Crippen LogP contribution in [-0.2, 0) is 0 Å². The fourth-order valence-corrected chi connectivity index (χ4v) is 4.50. The summed E-state index contributed by atoms with van der Waals surface area (Å²) in [7, 11) is 3.77. The van der Waals surface area contributed by atoms with Gasteiger partial charge in [0.25, 0.3) is 17.7 Å². The molecule has 1 aliphatic heterocycles. The van der Waals surface area contributed by atoms with Crippen LogP contribution in [0.4, 0.5) is 10.5 Å². The van der Waals surface area contributed by atoms with Gasteiger partial charge in [-0.3, -0.25) is 24.6 Å². The summed E-state index contributed by atoms with van der Waals surface area (Å²) in [6.07, 6.45) is 0. The second kappa shape index (κ2) is 9.24. The van der Waals surface area contributed by atoms with Crippen LogP contribution < -0.4 is 10.6 Å². The number of likely N-dealkylation sites (N-methyl/N-ethyl adjacent to an activating group) is 1. The van der Waals surface area contributed by atoms with Crippen LogP contribution in [0.1, 0.15) is 31.1 Å². The van der Waals surface area contributed by atoms with Crippen LogP contribution in [0.5, 0.6) is 0 Å². The molecular formula is C28H24N4O4. The molecule has 0 fully saturated rings. The lowest BCUT2D eigenvalue weighted by Crippen LogP contribution is -2.43. The lowest BCUT2D eigenvalue weighted by Gasteiger charge is -2.29. The van der Waals surface area contributed by atoms with Crippen molar-refractivity contribution in [2.24, 2.45) is 0 Å². The molecule has 0 radical (unpaired) electrons. The number of fused-ring (bicyclic) bond motifs is 2. The first kappa shape index (κ1) is 23.2. The van der Waals surface area contributed by atoms with Crippen molar-refractivity contribution in [3.05, 3.63) is 89.5 Å². The Labute approximate surface area is 207 Å². The summed E-state index contributed by atoms with van der Waals surface area (Å²) in [5.41, 5.74) is 1.72. The molecule has 0 unspecified atom stereocenters. The van der Waals surface area contributed by atoms with Gasteiger partial charge in [0.1, 0.15) is 0 Å². The van der Waals surface area contributed by atoms with E-state index < -0.39 is 11.9 Å². The monoisotopic (exact) mass is 480 g/mol. The van der Waals surface area contributed by atoms with E-state index in [-0.39, 0.29) is 18.4 Å². The molecule has 0 atom stereocenters. The van der Waals surface area contributed by atoms with E-state index in [2.05, 4.69) is 10.6 Å². The number of carbonyl (C=O) groups is 4. The van der Waals surface area contributed by atoms with E-state index in [1.165, 1.54) is 4.90 Å². The molecular weight excluding hydrogens is 456 g/mol. The number of nitrogens with one attached hydrogen (secondary N) is 2. The molecule has 36 heavy (non-hydrogen) atoms. The number of hydrogen-bond acceptors (Lipinski definition) is 5. The summed E-state index contributed by atoms with van der Waals surface area (Å²) < 4.78 is 0. The zero-order chi connectivity index (χ0) is 25.4. The quantitative estimate of drug-likeness (QED) is 0.331. The molecule has 0 aliphatic carbocycles. The maximum absolute atomic E-state index is 13.6. The van der Waals surface area contributed by atoms with Crippen LogP contribution in [-0.4, -0.2) is 60.7 Å². The van der Waals surface area contributed by atoms with Gasteiger partial charge in [0.05, 0.1) is 11.3 Å². The van der Waals surface area contributed by atoms with Crippen LogP contribution in [0.25, 0.3) is 21.5 Å². The molecule has 180 valence electrons. The van der Waals surface area contributed by atoms with Crippen LogP contribution in [0.15, 0.2) is 72.8 Å². The molecule has 0 saturated heterocycles. The van der Waals surface area contributed by atoms with Gasteiger partial charge in [0, 0.05) is 35.0 Å². The maximum atomic E-state index is 13.6. The van der Waals surface area contributed by atoms with Crippen molar-refractivity contribution in [2.45, 2.75) is 0 Å². The first-order chi connectivity index (χ1) is 17.3. The Balaban J connectivity index is 1.56. The van der Waals surface area contributed by atoms with Crippen molar-refractivity contribution in [1.29, 1.82) is 0 Å². The van der Waals surface area contributed by atoms with Crippen molar-refractivity contribution in [2.75, 3.05) is 32.5 Å². The maximum Gasteiger partial charge on any atom is 0.326 e. The topological polar surface area (TPSA) is 98.8 Å². The highest BCUT2D eigenvalue weighted by molar-refractivity contribution is 6.31. The Hall–Kier alpha value is -4.56. The highest BCUT2D eigenvalue weighted by Crippen LogP contribution is 2.38. The molecule has 0 aromatic heterocycles. The number of urea groups is 1.